The van der Waals surface area contributed by atoms with Gasteiger partial charge in [-0.05, 0) is 30.3 Å². The normalized spacial score (nSPS) is 10.5. The summed E-state index contributed by atoms with van der Waals surface area (Å²) in [6.07, 6.45) is 0. The highest BCUT2D eigenvalue weighted by atomic mass is 79.9. The molecule has 2 rings (SSSR count). The van der Waals surface area contributed by atoms with Gasteiger partial charge in [-0.15, -0.1) is 11.6 Å². The molecular formula is C14H10BrCl2FO. The van der Waals surface area contributed by atoms with Gasteiger partial charge in [-0.25, -0.2) is 4.39 Å². The minimum absolute atomic E-state index is 0.0665. The van der Waals surface area contributed by atoms with E-state index in [1.54, 1.807) is 18.2 Å². The van der Waals surface area contributed by atoms with Crippen molar-refractivity contribution < 1.29 is 9.13 Å². The molecular weight excluding hydrogens is 354 g/mol. The molecule has 0 aromatic heterocycles. The molecule has 0 saturated heterocycles. The van der Waals surface area contributed by atoms with Gasteiger partial charge in [-0.1, -0.05) is 33.6 Å². The van der Waals surface area contributed by atoms with Gasteiger partial charge in [0.05, 0.1) is 10.9 Å². The Balaban J connectivity index is 2.19. The lowest BCUT2D eigenvalue weighted by atomic mass is 10.2. The van der Waals surface area contributed by atoms with Gasteiger partial charge in [0.15, 0.2) is 0 Å². The molecule has 0 aliphatic rings. The Kier molecular flexibility index (Phi) is 5.08. The molecule has 0 bridgehead atoms. The molecule has 0 unspecified atom stereocenters. The van der Waals surface area contributed by atoms with E-state index in [0.29, 0.717) is 22.2 Å². The van der Waals surface area contributed by atoms with Crippen molar-refractivity contribution in [2.75, 3.05) is 0 Å². The number of halogens is 4. The summed E-state index contributed by atoms with van der Waals surface area (Å²) in [7, 11) is 0. The topological polar surface area (TPSA) is 9.23 Å². The van der Waals surface area contributed by atoms with Crippen LogP contribution in [0.25, 0.3) is 0 Å². The summed E-state index contributed by atoms with van der Waals surface area (Å²) >= 11 is 15.1. The zero-order valence-electron chi connectivity index (χ0n) is 9.80. The van der Waals surface area contributed by atoms with Gasteiger partial charge >= 0.3 is 0 Å². The average molecular weight is 364 g/mol. The quantitative estimate of drug-likeness (QED) is 0.646. The van der Waals surface area contributed by atoms with Crippen LogP contribution in [0.15, 0.2) is 40.9 Å². The Bertz CT molecular complexity index is 569. The molecule has 0 radical (unpaired) electrons. The van der Waals surface area contributed by atoms with Crippen molar-refractivity contribution in [3.63, 3.8) is 0 Å². The molecule has 2 aromatic carbocycles. The van der Waals surface area contributed by atoms with Crippen LogP contribution >= 0.6 is 39.1 Å². The molecule has 0 fully saturated rings. The molecule has 2 aromatic rings. The van der Waals surface area contributed by atoms with Crippen LogP contribution in [-0.4, -0.2) is 0 Å². The van der Waals surface area contributed by atoms with Gasteiger partial charge in [-0.3, -0.25) is 0 Å². The van der Waals surface area contributed by atoms with E-state index in [2.05, 4.69) is 15.9 Å². The fourth-order valence-corrected chi connectivity index (χ4v) is 2.45. The first-order valence-corrected chi connectivity index (χ1v) is 7.22. The average Bonchev–Trinajstić information content (AvgIpc) is 2.39. The SMILES string of the molecule is Fc1cccc(Cl)c1COc1ccc(Br)cc1CCl. The van der Waals surface area contributed by atoms with Crippen molar-refractivity contribution in [1.29, 1.82) is 0 Å². The lowest BCUT2D eigenvalue weighted by molar-refractivity contribution is 0.297. The highest BCUT2D eigenvalue weighted by Crippen LogP contribution is 2.27. The largest absolute Gasteiger partial charge is 0.488 e. The first-order valence-electron chi connectivity index (χ1n) is 5.52. The van der Waals surface area contributed by atoms with E-state index in [9.17, 15) is 4.39 Å². The van der Waals surface area contributed by atoms with Crippen LogP contribution in [0.5, 0.6) is 5.75 Å². The van der Waals surface area contributed by atoms with E-state index < -0.39 is 0 Å². The predicted octanol–water partition coefficient (Wildman–Crippen LogP) is 5.56. The molecule has 0 N–H and O–H groups in total. The lowest BCUT2D eigenvalue weighted by Gasteiger charge is -2.12. The number of alkyl halides is 1. The summed E-state index contributed by atoms with van der Waals surface area (Å²) < 4.78 is 20.1. The minimum atomic E-state index is -0.378. The number of hydrogen-bond acceptors (Lipinski definition) is 1. The molecule has 0 aliphatic heterocycles. The van der Waals surface area contributed by atoms with Crippen molar-refractivity contribution in [3.8, 4) is 5.75 Å². The fourth-order valence-electron chi connectivity index (χ4n) is 1.61. The molecule has 1 nitrogen and oxygen atoms in total. The molecule has 0 heterocycles. The second kappa shape index (κ2) is 6.60. The third-order valence-corrected chi connectivity index (χ3v) is 3.74. The first kappa shape index (κ1) is 14.6. The number of rotatable bonds is 4. The van der Waals surface area contributed by atoms with Crippen LogP contribution in [0.1, 0.15) is 11.1 Å². The van der Waals surface area contributed by atoms with E-state index >= 15 is 0 Å². The summed E-state index contributed by atoms with van der Waals surface area (Å²) in [5.41, 5.74) is 1.18. The standard InChI is InChI=1S/C14H10BrCl2FO/c15-10-4-5-14(9(6-10)7-16)19-8-11-12(17)2-1-3-13(11)18/h1-6H,7-8H2. The van der Waals surface area contributed by atoms with E-state index in [4.69, 9.17) is 27.9 Å². The summed E-state index contributed by atoms with van der Waals surface area (Å²) in [4.78, 5) is 0. The Hall–Kier alpha value is -0.770. The highest BCUT2D eigenvalue weighted by Gasteiger charge is 2.09. The second-order valence-corrected chi connectivity index (χ2v) is 5.46. The summed E-state index contributed by atoms with van der Waals surface area (Å²) in [5, 5.41) is 0.351. The lowest BCUT2D eigenvalue weighted by Crippen LogP contribution is -2.01. The summed E-state index contributed by atoms with van der Waals surface area (Å²) in [6.45, 7) is 0.0665. The van der Waals surface area contributed by atoms with Crippen molar-refractivity contribution in [2.45, 2.75) is 12.5 Å². The second-order valence-electron chi connectivity index (χ2n) is 3.87. The fraction of sp³-hybridized carbons (Fsp3) is 0.143. The Labute approximate surface area is 129 Å². The third-order valence-electron chi connectivity index (χ3n) is 2.60. The van der Waals surface area contributed by atoms with Crippen molar-refractivity contribution >= 4 is 39.1 Å². The van der Waals surface area contributed by atoms with Crippen LogP contribution in [0.3, 0.4) is 0 Å². The molecule has 0 atom stereocenters. The molecule has 0 spiro atoms. The maximum absolute atomic E-state index is 13.6. The van der Waals surface area contributed by atoms with Crippen LogP contribution in [0, 0.1) is 5.82 Å². The predicted molar refractivity (Wildman–Crippen MR) is 79.4 cm³/mol. The highest BCUT2D eigenvalue weighted by molar-refractivity contribution is 9.10. The van der Waals surface area contributed by atoms with E-state index in [0.717, 1.165) is 10.0 Å². The number of ether oxygens (including phenoxy) is 1. The third kappa shape index (κ3) is 3.62. The Morgan fingerprint density at radius 1 is 1.21 bits per heavy atom. The van der Waals surface area contributed by atoms with Crippen LogP contribution < -0.4 is 4.74 Å². The number of benzene rings is 2. The van der Waals surface area contributed by atoms with E-state index in [1.807, 2.05) is 12.1 Å². The van der Waals surface area contributed by atoms with Gasteiger partial charge in [0.1, 0.15) is 18.2 Å². The minimum Gasteiger partial charge on any atom is -0.488 e. The van der Waals surface area contributed by atoms with Gasteiger partial charge in [0.25, 0.3) is 0 Å². The molecule has 5 heteroatoms. The summed E-state index contributed by atoms with van der Waals surface area (Å²) in [6, 6.07) is 10.0. The van der Waals surface area contributed by atoms with Gasteiger partial charge in [0.2, 0.25) is 0 Å². The number of hydrogen-bond donors (Lipinski definition) is 0. The smallest absolute Gasteiger partial charge is 0.131 e. The zero-order valence-corrected chi connectivity index (χ0v) is 12.9. The van der Waals surface area contributed by atoms with Crippen LogP contribution in [-0.2, 0) is 12.5 Å². The zero-order chi connectivity index (χ0) is 13.8. The molecule has 0 saturated carbocycles. The Morgan fingerprint density at radius 3 is 2.68 bits per heavy atom. The van der Waals surface area contributed by atoms with Gasteiger partial charge < -0.3 is 4.74 Å². The Morgan fingerprint density at radius 2 is 2.00 bits per heavy atom. The van der Waals surface area contributed by atoms with Crippen LogP contribution in [0.4, 0.5) is 4.39 Å². The first-order chi connectivity index (χ1) is 9.11. The molecule has 0 amide bonds. The van der Waals surface area contributed by atoms with E-state index in [1.165, 1.54) is 6.07 Å². The maximum atomic E-state index is 13.6. The van der Waals surface area contributed by atoms with Crippen molar-refractivity contribution in [1.82, 2.24) is 0 Å². The molecule has 100 valence electrons. The maximum Gasteiger partial charge on any atom is 0.131 e. The van der Waals surface area contributed by atoms with Gasteiger partial charge in [0, 0.05) is 15.6 Å². The van der Waals surface area contributed by atoms with E-state index in [-0.39, 0.29) is 12.4 Å². The van der Waals surface area contributed by atoms with Crippen LogP contribution in [0.2, 0.25) is 5.02 Å². The molecule has 19 heavy (non-hydrogen) atoms. The van der Waals surface area contributed by atoms with Crippen molar-refractivity contribution in [2.24, 2.45) is 0 Å². The molecule has 0 aliphatic carbocycles. The monoisotopic (exact) mass is 362 g/mol. The summed E-state index contributed by atoms with van der Waals surface area (Å²) in [5.74, 6) is 0.564. The van der Waals surface area contributed by atoms with Gasteiger partial charge in [-0.2, -0.15) is 0 Å². The van der Waals surface area contributed by atoms with Crippen molar-refractivity contribution in [3.05, 3.63) is 62.8 Å².